The van der Waals surface area contributed by atoms with Gasteiger partial charge in [0.15, 0.2) is 0 Å². The normalized spacial score (nSPS) is 18.5. The molecule has 15 heavy (non-hydrogen) atoms. The van der Waals surface area contributed by atoms with Gasteiger partial charge in [-0.15, -0.1) is 11.3 Å². The molecule has 1 N–H and O–H groups in total. The van der Waals surface area contributed by atoms with Crippen LogP contribution in [-0.2, 0) is 6.54 Å². The van der Waals surface area contributed by atoms with Crippen molar-refractivity contribution >= 4 is 11.3 Å². The quantitative estimate of drug-likeness (QED) is 0.831. The molecular weight excluding hydrogens is 206 g/mol. The van der Waals surface area contributed by atoms with E-state index in [0.29, 0.717) is 5.41 Å². The monoisotopic (exact) mass is 225 g/mol. The number of ether oxygens (including phenoxy) is 1. The maximum atomic E-state index is 5.28. The highest BCUT2D eigenvalue weighted by atomic mass is 32.1. The molecule has 1 aromatic heterocycles. The fourth-order valence-electron chi connectivity index (χ4n) is 2.07. The molecule has 0 atom stereocenters. The van der Waals surface area contributed by atoms with Gasteiger partial charge in [0.2, 0.25) is 0 Å². The van der Waals surface area contributed by atoms with E-state index in [-0.39, 0.29) is 0 Å². The number of rotatable bonds is 5. The van der Waals surface area contributed by atoms with Crippen molar-refractivity contribution in [3.8, 4) is 5.75 Å². The van der Waals surface area contributed by atoms with Crippen LogP contribution in [0.4, 0.5) is 0 Å². The highest BCUT2D eigenvalue weighted by molar-refractivity contribution is 7.10. The van der Waals surface area contributed by atoms with E-state index in [0.717, 1.165) is 18.8 Å². The molecule has 3 heteroatoms. The zero-order valence-corrected chi connectivity index (χ0v) is 10.3. The number of methoxy groups -OCH3 is 1. The van der Waals surface area contributed by atoms with Crippen LogP contribution in [0.2, 0.25) is 0 Å². The van der Waals surface area contributed by atoms with Gasteiger partial charge in [0.05, 0.1) is 12.0 Å². The SMILES string of the molecule is COc1ccsc1CNCC1(C)CCC1. The van der Waals surface area contributed by atoms with Crippen LogP contribution in [0.25, 0.3) is 0 Å². The molecule has 1 saturated carbocycles. The maximum Gasteiger partial charge on any atom is 0.134 e. The van der Waals surface area contributed by atoms with Crippen molar-refractivity contribution in [1.82, 2.24) is 5.32 Å². The van der Waals surface area contributed by atoms with Gasteiger partial charge in [-0.05, 0) is 29.7 Å². The number of hydrogen-bond donors (Lipinski definition) is 1. The second-order valence-corrected chi connectivity index (χ2v) is 5.68. The first kappa shape index (κ1) is 11.0. The van der Waals surface area contributed by atoms with Gasteiger partial charge in [-0.3, -0.25) is 0 Å². The summed E-state index contributed by atoms with van der Waals surface area (Å²) in [7, 11) is 1.73. The second-order valence-electron chi connectivity index (χ2n) is 4.68. The Bertz CT molecular complexity index is 317. The van der Waals surface area contributed by atoms with Crippen molar-refractivity contribution in [2.45, 2.75) is 32.7 Å². The molecule has 0 bridgehead atoms. The van der Waals surface area contributed by atoms with E-state index in [1.807, 2.05) is 6.07 Å². The van der Waals surface area contributed by atoms with Gasteiger partial charge in [-0.2, -0.15) is 0 Å². The van der Waals surface area contributed by atoms with Crippen molar-refractivity contribution < 1.29 is 4.74 Å². The number of thiophene rings is 1. The van der Waals surface area contributed by atoms with Crippen LogP contribution in [0.5, 0.6) is 5.75 Å². The molecular formula is C12H19NOS. The summed E-state index contributed by atoms with van der Waals surface area (Å²) in [6, 6.07) is 2.03. The number of nitrogens with one attached hydrogen (secondary N) is 1. The smallest absolute Gasteiger partial charge is 0.134 e. The van der Waals surface area contributed by atoms with Crippen molar-refractivity contribution in [3.05, 3.63) is 16.3 Å². The third-order valence-electron chi connectivity index (χ3n) is 3.32. The second kappa shape index (κ2) is 4.54. The summed E-state index contributed by atoms with van der Waals surface area (Å²) in [4.78, 5) is 1.31. The zero-order chi connectivity index (χ0) is 10.7. The summed E-state index contributed by atoms with van der Waals surface area (Å²) >= 11 is 1.76. The van der Waals surface area contributed by atoms with E-state index >= 15 is 0 Å². The van der Waals surface area contributed by atoms with E-state index < -0.39 is 0 Å². The van der Waals surface area contributed by atoms with Crippen LogP contribution in [-0.4, -0.2) is 13.7 Å². The zero-order valence-electron chi connectivity index (χ0n) is 9.51. The van der Waals surface area contributed by atoms with Crippen LogP contribution >= 0.6 is 11.3 Å². The third kappa shape index (κ3) is 2.52. The molecule has 0 unspecified atom stereocenters. The predicted octanol–water partition coefficient (Wildman–Crippen LogP) is 3.04. The molecule has 0 radical (unpaired) electrons. The molecule has 2 rings (SSSR count). The molecule has 84 valence electrons. The molecule has 1 aliphatic carbocycles. The summed E-state index contributed by atoms with van der Waals surface area (Å²) in [6.45, 7) is 4.44. The average Bonchev–Trinajstić information content (AvgIpc) is 2.63. The van der Waals surface area contributed by atoms with E-state index in [1.165, 1.54) is 24.1 Å². The van der Waals surface area contributed by atoms with E-state index in [1.54, 1.807) is 18.4 Å². The molecule has 2 nitrogen and oxygen atoms in total. The van der Waals surface area contributed by atoms with Crippen LogP contribution in [0.1, 0.15) is 31.1 Å². The Hall–Kier alpha value is -0.540. The van der Waals surface area contributed by atoms with Gasteiger partial charge in [0.25, 0.3) is 0 Å². The topological polar surface area (TPSA) is 21.3 Å². The molecule has 0 spiro atoms. The van der Waals surface area contributed by atoms with Gasteiger partial charge in [0.1, 0.15) is 5.75 Å². The summed E-state index contributed by atoms with van der Waals surface area (Å²) in [5, 5.41) is 5.62. The Balaban J connectivity index is 1.78. The first-order chi connectivity index (χ1) is 7.23. The Morgan fingerprint density at radius 3 is 2.93 bits per heavy atom. The molecule has 1 aromatic rings. The first-order valence-corrected chi connectivity index (χ1v) is 6.43. The molecule has 0 amide bonds. The van der Waals surface area contributed by atoms with Gasteiger partial charge in [0, 0.05) is 13.1 Å². The Kier molecular flexibility index (Phi) is 3.32. The van der Waals surface area contributed by atoms with Gasteiger partial charge >= 0.3 is 0 Å². The van der Waals surface area contributed by atoms with Gasteiger partial charge < -0.3 is 10.1 Å². The molecule has 0 aromatic carbocycles. The van der Waals surface area contributed by atoms with Crippen molar-refractivity contribution in [2.75, 3.05) is 13.7 Å². The first-order valence-electron chi connectivity index (χ1n) is 5.55. The number of hydrogen-bond acceptors (Lipinski definition) is 3. The third-order valence-corrected chi connectivity index (χ3v) is 4.22. The summed E-state index contributed by atoms with van der Waals surface area (Å²) in [5.74, 6) is 1.02. The minimum Gasteiger partial charge on any atom is -0.496 e. The predicted molar refractivity (Wildman–Crippen MR) is 64.5 cm³/mol. The average molecular weight is 225 g/mol. The van der Waals surface area contributed by atoms with Gasteiger partial charge in [-0.25, -0.2) is 0 Å². The van der Waals surface area contributed by atoms with Crippen LogP contribution in [0.3, 0.4) is 0 Å². The standard InChI is InChI=1S/C12H19NOS/c1-12(5-3-6-12)9-13-8-11-10(14-2)4-7-15-11/h4,7,13H,3,5-6,8-9H2,1-2H3. The van der Waals surface area contributed by atoms with Crippen molar-refractivity contribution in [2.24, 2.45) is 5.41 Å². The minimum absolute atomic E-state index is 0.560. The summed E-state index contributed by atoms with van der Waals surface area (Å²) < 4.78 is 5.28. The lowest BCUT2D eigenvalue weighted by Gasteiger charge is -2.38. The lowest BCUT2D eigenvalue weighted by Crippen LogP contribution is -2.36. The van der Waals surface area contributed by atoms with Crippen LogP contribution in [0.15, 0.2) is 11.4 Å². The summed E-state index contributed by atoms with van der Waals surface area (Å²) in [6.07, 6.45) is 4.16. The van der Waals surface area contributed by atoms with Crippen molar-refractivity contribution in [1.29, 1.82) is 0 Å². The van der Waals surface area contributed by atoms with Crippen LogP contribution in [0, 0.1) is 5.41 Å². The maximum absolute atomic E-state index is 5.28. The minimum atomic E-state index is 0.560. The van der Waals surface area contributed by atoms with E-state index in [2.05, 4.69) is 17.6 Å². The Morgan fingerprint density at radius 2 is 2.33 bits per heavy atom. The van der Waals surface area contributed by atoms with Crippen LogP contribution < -0.4 is 10.1 Å². The lowest BCUT2D eigenvalue weighted by molar-refractivity contribution is 0.156. The fourth-order valence-corrected chi connectivity index (χ4v) is 2.88. The summed E-state index contributed by atoms with van der Waals surface area (Å²) in [5.41, 5.74) is 0.560. The molecule has 0 saturated heterocycles. The van der Waals surface area contributed by atoms with Gasteiger partial charge in [-0.1, -0.05) is 13.3 Å². The highest BCUT2D eigenvalue weighted by Crippen LogP contribution is 2.39. The van der Waals surface area contributed by atoms with Crippen molar-refractivity contribution in [3.63, 3.8) is 0 Å². The molecule has 1 heterocycles. The van der Waals surface area contributed by atoms with E-state index in [9.17, 15) is 0 Å². The largest absolute Gasteiger partial charge is 0.496 e. The highest BCUT2D eigenvalue weighted by Gasteiger charge is 2.30. The lowest BCUT2D eigenvalue weighted by atomic mass is 9.70. The Morgan fingerprint density at radius 1 is 1.53 bits per heavy atom. The Labute approximate surface area is 95.6 Å². The fraction of sp³-hybridized carbons (Fsp3) is 0.667. The molecule has 1 fully saturated rings. The molecule has 0 aliphatic heterocycles. The van der Waals surface area contributed by atoms with E-state index in [4.69, 9.17) is 4.74 Å². The molecule has 1 aliphatic rings.